The van der Waals surface area contributed by atoms with E-state index in [1.807, 2.05) is 53.4 Å². The molecule has 1 aromatic heterocycles. The third kappa shape index (κ3) is 5.05. The Labute approximate surface area is 180 Å². The first-order chi connectivity index (χ1) is 14.7. The quantitative estimate of drug-likeness (QED) is 0.507. The predicted octanol–water partition coefficient (Wildman–Crippen LogP) is 4.92. The highest BCUT2D eigenvalue weighted by atomic mass is 32.1. The SMILES string of the molecule is O=C(CCCc1nc2ccccc2s1)O[C@H](C(=O)N1CCCCC1)c1ccccc1. The van der Waals surface area contributed by atoms with Crippen LogP contribution in [0.25, 0.3) is 10.2 Å². The van der Waals surface area contributed by atoms with Crippen molar-refractivity contribution >= 4 is 33.4 Å². The number of amides is 1. The molecular formula is C24H26N2O3S. The van der Waals surface area contributed by atoms with Gasteiger partial charge in [0.1, 0.15) is 0 Å². The highest BCUT2D eigenvalue weighted by molar-refractivity contribution is 7.18. The number of piperidine rings is 1. The lowest BCUT2D eigenvalue weighted by atomic mass is 10.1. The Morgan fingerprint density at radius 1 is 1.00 bits per heavy atom. The Morgan fingerprint density at radius 3 is 2.50 bits per heavy atom. The highest BCUT2D eigenvalue weighted by Crippen LogP contribution is 2.25. The zero-order valence-electron chi connectivity index (χ0n) is 17.0. The molecule has 0 unspecified atom stereocenters. The smallest absolute Gasteiger partial charge is 0.306 e. The van der Waals surface area contributed by atoms with Crippen LogP contribution in [0.3, 0.4) is 0 Å². The summed E-state index contributed by atoms with van der Waals surface area (Å²) in [6.45, 7) is 1.47. The Morgan fingerprint density at radius 2 is 1.73 bits per heavy atom. The molecule has 0 bridgehead atoms. The largest absolute Gasteiger partial charge is 0.447 e. The molecule has 1 saturated heterocycles. The number of likely N-dealkylation sites (tertiary alicyclic amines) is 1. The van der Waals surface area contributed by atoms with Crippen LogP contribution in [0.4, 0.5) is 0 Å². The Hall–Kier alpha value is -2.73. The maximum Gasteiger partial charge on any atom is 0.306 e. The lowest BCUT2D eigenvalue weighted by Crippen LogP contribution is -2.40. The van der Waals surface area contributed by atoms with E-state index >= 15 is 0 Å². The van der Waals surface area contributed by atoms with E-state index in [-0.39, 0.29) is 18.3 Å². The summed E-state index contributed by atoms with van der Waals surface area (Å²) in [7, 11) is 0. The van der Waals surface area contributed by atoms with Gasteiger partial charge in [0.2, 0.25) is 6.10 Å². The molecule has 1 fully saturated rings. The van der Waals surface area contributed by atoms with E-state index in [0.717, 1.165) is 59.6 Å². The van der Waals surface area contributed by atoms with Gasteiger partial charge in [-0.1, -0.05) is 42.5 Å². The first-order valence-corrected chi connectivity index (χ1v) is 11.4. The minimum atomic E-state index is -0.862. The van der Waals surface area contributed by atoms with Crippen LogP contribution in [0.2, 0.25) is 0 Å². The minimum Gasteiger partial charge on any atom is -0.447 e. The molecule has 0 spiro atoms. The fourth-order valence-electron chi connectivity index (χ4n) is 3.77. The highest BCUT2D eigenvalue weighted by Gasteiger charge is 2.30. The Kier molecular flexibility index (Phi) is 6.74. The van der Waals surface area contributed by atoms with Crippen molar-refractivity contribution in [2.24, 2.45) is 0 Å². The predicted molar refractivity (Wildman–Crippen MR) is 118 cm³/mol. The summed E-state index contributed by atoms with van der Waals surface area (Å²) in [6, 6.07) is 17.4. The van der Waals surface area contributed by atoms with Crippen LogP contribution in [-0.4, -0.2) is 34.8 Å². The summed E-state index contributed by atoms with van der Waals surface area (Å²) in [5, 5.41) is 1.02. The molecule has 6 heteroatoms. The fourth-order valence-corrected chi connectivity index (χ4v) is 4.78. The Balaban J connectivity index is 1.36. The van der Waals surface area contributed by atoms with Crippen LogP contribution in [0.5, 0.6) is 0 Å². The van der Waals surface area contributed by atoms with Gasteiger partial charge < -0.3 is 9.64 Å². The average Bonchev–Trinajstić information content (AvgIpc) is 3.21. The molecule has 3 aromatic rings. The second-order valence-electron chi connectivity index (χ2n) is 7.60. The van der Waals surface area contributed by atoms with Crippen LogP contribution in [0.1, 0.15) is 48.8 Å². The number of aryl methyl sites for hydroxylation is 1. The molecule has 0 saturated carbocycles. The van der Waals surface area contributed by atoms with Gasteiger partial charge in [0.15, 0.2) is 0 Å². The number of para-hydroxylation sites is 1. The van der Waals surface area contributed by atoms with Crippen molar-refractivity contribution in [1.82, 2.24) is 9.88 Å². The second-order valence-corrected chi connectivity index (χ2v) is 8.71. The van der Waals surface area contributed by atoms with Crippen molar-refractivity contribution in [3.63, 3.8) is 0 Å². The van der Waals surface area contributed by atoms with Crippen molar-refractivity contribution < 1.29 is 14.3 Å². The molecular weight excluding hydrogens is 396 g/mol. The van der Waals surface area contributed by atoms with Crippen molar-refractivity contribution in [3.05, 3.63) is 65.2 Å². The number of thiazole rings is 1. The molecule has 1 amide bonds. The van der Waals surface area contributed by atoms with Crippen LogP contribution in [0.15, 0.2) is 54.6 Å². The third-order valence-corrected chi connectivity index (χ3v) is 6.45. The summed E-state index contributed by atoms with van der Waals surface area (Å²) in [4.78, 5) is 32.1. The molecule has 0 radical (unpaired) electrons. The van der Waals surface area contributed by atoms with Crippen molar-refractivity contribution in [2.75, 3.05) is 13.1 Å². The van der Waals surface area contributed by atoms with E-state index in [4.69, 9.17) is 4.74 Å². The fraction of sp³-hybridized carbons (Fsp3) is 0.375. The average molecular weight is 423 g/mol. The van der Waals surface area contributed by atoms with E-state index in [1.54, 1.807) is 11.3 Å². The molecule has 5 nitrogen and oxygen atoms in total. The lowest BCUT2D eigenvalue weighted by Gasteiger charge is -2.30. The van der Waals surface area contributed by atoms with Crippen molar-refractivity contribution in [2.45, 2.75) is 44.6 Å². The molecule has 1 atom stereocenters. The van der Waals surface area contributed by atoms with Crippen LogP contribution >= 0.6 is 11.3 Å². The topological polar surface area (TPSA) is 59.5 Å². The summed E-state index contributed by atoms with van der Waals surface area (Å²) < 4.78 is 6.86. The molecule has 30 heavy (non-hydrogen) atoms. The molecule has 1 aliphatic rings. The first-order valence-electron chi connectivity index (χ1n) is 10.6. The van der Waals surface area contributed by atoms with E-state index in [0.29, 0.717) is 6.42 Å². The maximum absolute atomic E-state index is 13.1. The number of hydrogen-bond donors (Lipinski definition) is 0. The molecule has 1 aliphatic heterocycles. The van der Waals surface area contributed by atoms with Gasteiger partial charge in [-0.15, -0.1) is 11.3 Å². The van der Waals surface area contributed by atoms with Crippen molar-refractivity contribution in [3.8, 4) is 0 Å². The van der Waals surface area contributed by atoms with Gasteiger partial charge in [-0.3, -0.25) is 9.59 Å². The van der Waals surface area contributed by atoms with Crippen molar-refractivity contribution in [1.29, 1.82) is 0 Å². The van der Waals surface area contributed by atoms with Gasteiger partial charge >= 0.3 is 5.97 Å². The molecule has 156 valence electrons. The van der Waals surface area contributed by atoms with Gasteiger partial charge in [0.05, 0.1) is 15.2 Å². The first kappa shape index (κ1) is 20.5. The van der Waals surface area contributed by atoms with E-state index < -0.39 is 6.10 Å². The van der Waals surface area contributed by atoms with Gasteiger partial charge in [-0.2, -0.15) is 0 Å². The van der Waals surface area contributed by atoms with Gasteiger partial charge in [0.25, 0.3) is 5.91 Å². The zero-order chi connectivity index (χ0) is 20.8. The molecule has 0 N–H and O–H groups in total. The number of hydrogen-bond acceptors (Lipinski definition) is 5. The summed E-state index contributed by atoms with van der Waals surface area (Å²) in [5.41, 5.74) is 1.73. The number of esters is 1. The molecule has 2 heterocycles. The third-order valence-electron chi connectivity index (χ3n) is 5.35. The Bertz CT molecular complexity index is 963. The molecule has 0 aliphatic carbocycles. The van der Waals surface area contributed by atoms with Gasteiger partial charge in [0, 0.05) is 25.1 Å². The maximum atomic E-state index is 13.1. The number of ether oxygens (including phenoxy) is 1. The number of rotatable bonds is 7. The van der Waals surface area contributed by atoms with E-state index in [1.165, 1.54) is 0 Å². The van der Waals surface area contributed by atoms with Gasteiger partial charge in [-0.25, -0.2) is 4.98 Å². The minimum absolute atomic E-state index is 0.111. The number of nitrogens with zero attached hydrogens (tertiary/aromatic N) is 2. The standard InChI is InChI=1S/C24H26N2O3S/c27-22(15-9-14-21-25-19-12-5-6-13-20(19)30-21)29-23(18-10-3-1-4-11-18)24(28)26-16-7-2-8-17-26/h1,3-6,10-13,23H,2,7-9,14-17H2/t23-/m0/s1. The number of benzene rings is 2. The van der Waals surface area contributed by atoms with E-state index in [9.17, 15) is 9.59 Å². The van der Waals surface area contributed by atoms with Gasteiger partial charge in [-0.05, 0) is 44.2 Å². The number of carbonyl (C=O) groups excluding carboxylic acids is 2. The number of aromatic nitrogens is 1. The molecule has 2 aromatic carbocycles. The summed E-state index contributed by atoms with van der Waals surface area (Å²) in [5.74, 6) is -0.448. The normalized spacial score (nSPS) is 15.1. The summed E-state index contributed by atoms with van der Waals surface area (Å²) >= 11 is 1.66. The number of carbonyl (C=O) groups is 2. The zero-order valence-corrected chi connectivity index (χ0v) is 17.8. The number of fused-ring (bicyclic) bond motifs is 1. The van der Waals surface area contributed by atoms with E-state index in [2.05, 4.69) is 11.1 Å². The summed E-state index contributed by atoms with van der Waals surface area (Å²) in [6.07, 6.45) is 3.94. The molecule has 4 rings (SSSR count). The van der Waals surface area contributed by atoms with Crippen LogP contribution < -0.4 is 0 Å². The van der Waals surface area contributed by atoms with Crippen LogP contribution in [0, 0.1) is 0 Å². The lowest BCUT2D eigenvalue weighted by molar-refractivity contribution is -0.161. The second kappa shape index (κ2) is 9.85. The monoisotopic (exact) mass is 422 g/mol. The van der Waals surface area contributed by atoms with Crippen LogP contribution in [-0.2, 0) is 20.7 Å².